The van der Waals surface area contributed by atoms with E-state index in [1.165, 1.54) is 127 Å². The summed E-state index contributed by atoms with van der Waals surface area (Å²) >= 11 is 0. The predicted molar refractivity (Wildman–Crippen MR) is 143 cm³/mol. The van der Waals surface area contributed by atoms with Gasteiger partial charge in [-0.25, -0.2) is 4.57 Å². The Labute approximate surface area is 211 Å². The summed E-state index contributed by atoms with van der Waals surface area (Å²) in [6, 6.07) is 0. The second-order valence-corrected chi connectivity index (χ2v) is 12.6. The van der Waals surface area contributed by atoms with Gasteiger partial charge in [0.15, 0.2) is 0 Å². The van der Waals surface area contributed by atoms with E-state index in [9.17, 15) is 9.46 Å². The predicted octanol–water partition coefficient (Wildman–Crippen LogP) is 8.54. The van der Waals surface area contributed by atoms with Crippen molar-refractivity contribution in [2.24, 2.45) is 0 Å². The third-order valence-electron chi connectivity index (χ3n) is 8.15. The number of hydrogen-bond acceptors (Lipinski definition) is 3. The highest BCUT2D eigenvalue weighted by Gasteiger charge is 2.38. The van der Waals surface area contributed by atoms with E-state index < -0.39 is 7.82 Å². The fourth-order valence-corrected chi connectivity index (χ4v) is 6.88. The second kappa shape index (κ2) is 18.3. The zero-order valence-electron chi connectivity index (χ0n) is 22.5. The van der Waals surface area contributed by atoms with Crippen molar-refractivity contribution in [3.8, 4) is 0 Å². The summed E-state index contributed by atoms with van der Waals surface area (Å²) in [5, 5.41) is 0. The lowest BCUT2D eigenvalue weighted by molar-refractivity contribution is -0.937. The standard InChI is InChI=1S/C28H56NO4P/c1-2-3-4-5-6-7-8-9-10-11-12-13-14-15-16-20-27-32-34(30,31)33-28-21-25-29(26-22-28)23-18-17-19-24-29/h28H,2-27H2,1H3/p+1. The molecule has 2 aliphatic rings. The van der Waals surface area contributed by atoms with Crippen molar-refractivity contribution in [3.63, 3.8) is 0 Å². The highest BCUT2D eigenvalue weighted by molar-refractivity contribution is 7.47. The highest BCUT2D eigenvalue weighted by atomic mass is 31.2. The Bertz CT molecular complexity index is 528. The van der Waals surface area contributed by atoms with Crippen LogP contribution in [0.4, 0.5) is 0 Å². The fraction of sp³-hybridized carbons (Fsp3) is 1.00. The average molecular weight is 503 g/mol. The number of hydrogen-bond donors (Lipinski definition) is 1. The lowest BCUT2D eigenvalue weighted by Crippen LogP contribution is -2.56. The van der Waals surface area contributed by atoms with Gasteiger partial charge in [0.1, 0.15) is 0 Å². The van der Waals surface area contributed by atoms with Crippen LogP contribution in [0.3, 0.4) is 0 Å². The monoisotopic (exact) mass is 502 g/mol. The molecule has 0 bridgehead atoms. The molecule has 2 rings (SSSR count). The molecule has 6 heteroatoms. The van der Waals surface area contributed by atoms with Gasteiger partial charge in [-0.05, 0) is 25.7 Å². The Kier molecular flexibility index (Phi) is 16.3. The van der Waals surface area contributed by atoms with Crippen molar-refractivity contribution in [2.45, 2.75) is 148 Å². The van der Waals surface area contributed by atoms with Gasteiger partial charge in [-0.15, -0.1) is 0 Å². The van der Waals surface area contributed by atoms with Crippen LogP contribution in [-0.4, -0.2) is 48.3 Å². The minimum Gasteiger partial charge on any atom is -0.323 e. The van der Waals surface area contributed by atoms with Crippen LogP contribution in [0.2, 0.25) is 0 Å². The van der Waals surface area contributed by atoms with Gasteiger partial charge in [-0.2, -0.15) is 0 Å². The summed E-state index contributed by atoms with van der Waals surface area (Å²) in [5.74, 6) is 0. The van der Waals surface area contributed by atoms with Crippen LogP contribution in [-0.2, 0) is 13.6 Å². The van der Waals surface area contributed by atoms with Gasteiger partial charge in [0.2, 0.25) is 0 Å². The number of rotatable bonds is 20. The number of phosphoric acid groups is 1. The van der Waals surface area contributed by atoms with E-state index >= 15 is 0 Å². The maximum atomic E-state index is 12.3. The van der Waals surface area contributed by atoms with Crippen molar-refractivity contribution in [2.75, 3.05) is 32.8 Å². The van der Waals surface area contributed by atoms with Crippen molar-refractivity contribution in [3.05, 3.63) is 0 Å². The van der Waals surface area contributed by atoms with E-state index in [1.807, 2.05) is 0 Å². The van der Waals surface area contributed by atoms with Gasteiger partial charge in [-0.3, -0.25) is 9.05 Å². The molecule has 2 aliphatic heterocycles. The van der Waals surface area contributed by atoms with Crippen LogP contribution in [0.25, 0.3) is 0 Å². The molecule has 0 aromatic carbocycles. The Morgan fingerprint density at radius 1 is 0.676 bits per heavy atom. The summed E-state index contributed by atoms with van der Waals surface area (Å²) in [5.41, 5.74) is 0. The Balaban J connectivity index is 1.34. The van der Waals surface area contributed by atoms with Gasteiger partial charge in [0.05, 0.1) is 38.9 Å². The fourth-order valence-electron chi connectivity index (χ4n) is 5.88. The van der Waals surface area contributed by atoms with E-state index in [4.69, 9.17) is 9.05 Å². The lowest BCUT2D eigenvalue weighted by atomic mass is 9.99. The van der Waals surface area contributed by atoms with Crippen molar-refractivity contribution < 1.29 is 23.0 Å². The Morgan fingerprint density at radius 3 is 1.59 bits per heavy atom. The topological polar surface area (TPSA) is 55.8 Å². The minimum absolute atomic E-state index is 0.118. The third-order valence-corrected chi connectivity index (χ3v) is 9.22. The van der Waals surface area contributed by atoms with Crippen molar-refractivity contribution in [1.82, 2.24) is 0 Å². The highest BCUT2D eigenvalue weighted by Crippen LogP contribution is 2.46. The Hall–Kier alpha value is 0.0700. The summed E-state index contributed by atoms with van der Waals surface area (Å²) in [7, 11) is -3.91. The normalized spacial score (nSPS) is 20.5. The van der Waals surface area contributed by atoms with Crippen LogP contribution < -0.4 is 0 Å². The molecule has 34 heavy (non-hydrogen) atoms. The molecule has 5 nitrogen and oxygen atoms in total. The van der Waals surface area contributed by atoms with Crippen LogP contribution in [0.5, 0.6) is 0 Å². The molecule has 2 heterocycles. The number of nitrogens with zero attached hydrogens (tertiary/aromatic N) is 1. The second-order valence-electron chi connectivity index (χ2n) is 11.2. The van der Waals surface area contributed by atoms with Crippen LogP contribution >= 0.6 is 7.82 Å². The summed E-state index contributed by atoms with van der Waals surface area (Å²) < 4.78 is 24.3. The number of quaternary nitrogens is 1. The number of piperidine rings is 2. The molecule has 0 aliphatic carbocycles. The molecule has 1 unspecified atom stereocenters. The molecule has 2 fully saturated rings. The van der Waals surface area contributed by atoms with Crippen LogP contribution in [0.15, 0.2) is 0 Å². The average Bonchev–Trinajstić information content (AvgIpc) is 2.83. The van der Waals surface area contributed by atoms with E-state index in [2.05, 4.69) is 6.92 Å². The first kappa shape index (κ1) is 30.3. The van der Waals surface area contributed by atoms with Gasteiger partial charge in [0, 0.05) is 12.8 Å². The van der Waals surface area contributed by atoms with Crippen molar-refractivity contribution >= 4 is 7.82 Å². The number of unbranched alkanes of at least 4 members (excludes halogenated alkanes) is 15. The molecule has 0 radical (unpaired) electrons. The van der Waals surface area contributed by atoms with Gasteiger partial charge in [-0.1, -0.05) is 103 Å². The zero-order chi connectivity index (χ0) is 24.4. The van der Waals surface area contributed by atoms with E-state index in [0.717, 1.165) is 38.8 Å². The molecule has 202 valence electrons. The minimum atomic E-state index is -3.91. The summed E-state index contributed by atoms with van der Waals surface area (Å²) in [4.78, 5) is 10.1. The first-order valence-electron chi connectivity index (χ1n) is 15.1. The molecule has 2 saturated heterocycles. The molecular formula is C28H57NO4P+. The lowest BCUT2D eigenvalue weighted by Gasteiger charge is -2.45. The van der Waals surface area contributed by atoms with Gasteiger partial charge in [0.25, 0.3) is 0 Å². The number of phosphoric ester groups is 1. The first-order chi connectivity index (χ1) is 16.6. The summed E-state index contributed by atoms with van der Waals surface area (Å²) in [6.45, 7) is 7.34. The molecular weight excluding hydrogens is 445 g/mol. The Morgan fingerprint density at radius 2 is 1.12 bits per heavy atom. The SMILES string of the molecule is CCCCCCCCCCCCCCCCCCOP(=O)(O)OC1CC[N+]2(CCCCC2)CC1. The molecule has 0 amide bonds. The molecule has 1 N–H and O–H groups in total. The smallest absolute Gasteiger partial charge is 0.323 e. The zero-order valence-corrected chi connectivity index (χ0v) is 23.4. The molecule has 0 saturated carbocycles. The van der Waals surface area contributed by atoms with E-state index in [1.54, 1.807) is 0 Å². The molecule has 0 aromatic rings. The quantitative estimate of drug-likeness (QED) is 0.103. The van der Waals surface area contributed by atoms with E-state index in [-0.39, 0.29) is 6.10 Å². The maximum Gasteiger partial charge on any atom is 0.472 e. The molecule has 1 spiro atoms. The molecule has 1 atom stereocenters. The molecule has 0 aromatic heterocycles. The van der Waals surface area contributed by atoms with Crippen LogP contribution in [0, 0.1) is 0 Å². The van der Waals surface area contributed by atoms with Crippen molar-refractivity contribution in [1.29, 1.82) is 0 Å². The third kappa shape index (κ3) is 14.0. The van der Waals surface area contributed by atoms with E-state index in [0.29, 0.717) is 6.61 Å². The van der Waals surface area contributed by atoms with Gasteiger partial charge >= 0.3 is 7.82 Å². The maximum absolute atomic E-state index is 12.3. The summed E-state index contributed by atoms with van der Waals surface area (Å²) in [6.07, 6.45) is 26.8. The van der Waals surface area contributed by atoms with Gasteiger partial charge < -0.3 is 9.38 Å². The largest absolute Gasteiger partial charge is 0.472 e. The first-order valence-corrected chi connectivity index (χ1v) is 16.6. The van der Waals surface area contributed by atoms with Crippen LogP contribution in [0.1, 0.15) is 142 Å².